The van der Waals surface area contributed by atoms with Crippen molar-refractivity contribution in [3.8, 4) is 0 Å². The molecule has 19 heteroatoms. The monoisotopic (exact) mass is 689 g/mol. The van der Waals surface area contributed by atoms with E-state index in [2.05, 4.69) is 25.5 Å². The fourth-order valence-electron chi connectivity index (χ4n) is 4.19. The Balaban J connectivity index is 2.31. The van der Waals surface area contributed by atoms with Crippen molar-refractivity contribution in [3.63, 3.8) is 0 Å². The number of carbonyl (C=O) groups excluding carboxylic acids is 3. The van der Waals surface area contributed by atoms with Gasteiger partial charge in [-0.1, -0.05) is 13.8 Å². The minimum atomic E-state index is -3.06. The summed E-state index contributed by atoms with van der Waals surface area (Å²) < 4.78 is 32.8. The molecular formula is C27H48BN6O10P2+2. The highest BCUT2D eigenvalue weighted by Gasteiger charge is 2.49. The summed E-state index contributed by atoms with van der Waals surface area (Å²) in [4.78, 5) is 64.2. The van der Waals surface area contributed by atoms with E-state index in [1.165, 1.54) is 18.6 Å². The van der Waals surface area contributed by atoms with Gasteiger partial charge in [-0.25, -0.2) is 15.1 Å². The van der Waals surface area contributed by atoms with Gasteiger partial charge in [0.15, 0.2) is 0 Å². The number of nitrogens with one attached hydrogen (secondary N) is 3. The first-order valence-corrected chi connectivity index (χ1v) is 17.9. The predicted octanol–water partition coefficient (Wildman–Crippen LogP) is 1.83. The molecule has 16 nitrogen and oxygen atoms in total. The van der Waals surface area contributed by atoms with Crippen LogP contribution in [0.4, 0.5) is 4.79 Å². The Morgan fingerprint density at radius 2 is 1.59 bits per heavy atom. The molecule has 3 unspecified atom stereocenters. The van der Waals surface area contributed by atoms with Crippen molar-refractivity contribution < 1.29 is 47.8 Å². The topological polar surface area (TPSA) is 230 Å². The fourth-order valence-corrected chi connectivity index (χ4v) is 5.30. The van der Waals surface area contributed by atoms with E-state index in [0.717, 1.165) is 51.7 Å². The van der Waals surface area contributed by atoms with Crippen molar-refractivity contribution in [1.82, 2.24) is 30.8 Å². The molecule has 3 amide bonds. The molecule has 0 saturated carbocycles. The molecule has 0 aliphatic rings. The second kappa shape index (κ2) is 25.4. The number of ether oxygens (including phenoxy) is 1. The zero-order chi connectivity index (χ0) is 34.2. The van der Waals surface area contributed by atoms with Crippen LogP contribution in [-0.4, -0.2) is 113 Å². The van der Waals surface area contributed by atoms with Crippen LogP contribution < -0.4 is 16.0 Å². The molecule has 0 saturated heterocycles. The summed E-state index contributed by atoms with van der Waals surface area (Å²) in [6.07, 6.45) is 9.31. The van der Waals surface area contributed by atoms with Crippen LogP contribution in [0.2, 0.25) is 0 Å². The SMILES string of the molecule is CC(C)CC([B]OCCCCCN(CCCCO)CCCCOC(=O)NC([P+](=O)O)[P+](=O)O)NC(=O)CNC(=O)c1cnccn1. The summed E-state index contributed by atoms with van der Waals surface area (Å²) in [5.74, 6) is -0.822. The molecule has 46 heavy (non-hydrogen) atoms. The second-order valence-electron chi connectivity index (χ2n) is 10.9. The van der Waals surface area contributed by atoms with E-state index >= 15 is 0 Å². The van der Waals surface area contributed by atoms with Crippen molar-refractivity contribution in [1.29, 1.82) is 0 Å². The number of alkyl carbamates (subject to hydrolysis) is 1. The number of aliphatic hydroxyl groups excluding tert-OH is 1. The molecule has 1 radical (unpaired) electrons. The molecule has 1 aromatic heterocycles. The molecule has 0 spiro atoms. The summed E-state index contributed by atoms with van der Waals surface area (Å²) in [6.45, 7) is 6.97. The van der Waals surface area contributed by atoms with Gasteiger partial charge in [0.05, 0.1) is 19.3 Å². The first-order chi connectivity index (χ1) is 22.0. The Kier molecular flexibility index (Phi) is 22.9. The Morgan fingerprint density at radius 3 is 2.20 bits per heavy atom. The third kappa shape index (κ3) is 20.5. The van der Waals surface area contributed by atoms with Crippen LogP contribution in [0.3, 0.4) is 0 Å². The number of hydrogen-bond donors (Lipinski definition) is 6. The molecule has 1 rings (SSSR count). The third-order valence-corrected chi connectivity index (χ3v) is 8.70. The Morgan fingerprint density at radius 1 is 0.935 bits per heavy atom. The van der Waals surface area contributed by atoms with Crippen molar-refractivity contribution >= 4 is 41.4 Å². The maximum absolute atomic E-state index is 12.4. The van der Waals surface area contributed by atoms with Crippen LogP contribution in [0.5, 0.6) is 0 Å². The summed E-state index contributed by atoms with van der Waals surface area (Å²) >= 11 is 0. The number of unbranched alkanes of at least 4 members (excludes halogenated alkanes) is 4. The van der Waals surface area contributed by atoms with Gasteiger partial charge in [0.25, 0.3) is 5.91 Å². The Hall–Kier alpha value is -2.65. The summed E-state index contributed by atoms with van der Waals surface area (Å²) in [6, 6.07) is 0. The molecule has 0 aliphatic carbocycles. The molecule has 257 valence electrons. The maximum atomic E-state index is 12.4. The molecule has 0 aliphatic heterocycles. The van der Waals surface area contributed by atoms with Crippen LogP contribution in [-0.2, 0) is 23.3 Å². The van der Waals surface area contributed by atoms with Crippen LogP contribution in [0.1, 0.15) is 75.7 Å². The predicted molar refractivity (Wildman–Crippen MR) is 171 cm³/mol. The Labute approximate surface area is 272 Å². The van der Waals surface area contributed by atoms with Crippen molar-refractivity contribution in [2.75, 3.05) is 46.0 Å². The lowest BCUT2D eigenvalue weighted by Gasteiger charge is -2.22. The minimum absolute atomic E-state index is 0.0526. The zero-order valence-corrected chi connectivity index (χ0v) is 28.4. The molecule has 3 atom stereocenters. The first-order valence-electron chi connectivity index (χ1n) is 15.4. The third-order valence-electron chi connectivity index (χ3n) is 6.42. The van der Waals surface area contributed by atoms with Gasteiger partial charge in [0.1, 0.15) is 5.69 Å². The summed E-state index contributed by atoms with van der Waals surface area (Å²) in [7, 11) is -4.49. The fraction of sp³-hybridized carbons (Fsp3) is 0.741. The zero-order valence-electron chi connectivity index (χ0n) is 26.6. The number of aromatic nitrogens is 2. The van der Waals surface area contributed by atoms with Crippen LogP contribution in [0, 0.1) is 5.92 Å². The van der Waals surface area contributed by atoms with E-state index < -0.39 is 33.6 Å². The smallest absolute Gasteiger partial charge is 0.449 e. The van der Waals surface area contributed by atoms with E-state index in [1.54, 1.807) is 7.48 Å². The van der Waals surface area contributed by atoms with Crippen molar-refractivity contribution in [2.45, 2.75) is 76.7 Å². The molecule has 1 aromatic rings. The highest BCUT2D eigenvalue weighted by Crippen LogP contribution is 2.37. The molecule has 1 heterocycles. The van der Waals surface area contributed by atoms with Crippen molar-refractivity contribution in [3.05, 3.63) is 24.3 Å². The van der Waals surface area contributed by atoms with Gasteiger partial charge in [-0.05, 0) is 86.0 Å². The van der Waals surface area contributed by atoms with E-state index in [1.807, 2.05) is 19.2 Å². The average molecular weight is 689 g/mol. The number of rotatable bonds is 26. The van der Waals surface area contributed by atoms with Gasteiger partial charge in [-0.15, -0.1) is 0 Å². The lowest BCUT2D eigenvalue weighted by atomic mass is 9.81. The lowest BCUT2D eigenvalue weighted by Crippen LogP contribution is -2.45. The van der Waals surface area contributed by atoms with Gasteiger partial charge >= 0.3 is 35.2 Å². The van der Waals surface area contributed by atoms with Gasteiger partial charge in [0.2, 0.25) is 5.91 Å². The lowest BCUT2D eigenvalue weighted by molar-refractivity contribution is -0.120. The number of amides is 3. The van der Waals surface area contributed by atoms with Gasteiger partial charge in [0, 0.05) is 31.5 Å². The standard InChI is InChI=1S/C27H46BN6O10P2/c1-21(2)18-23(32-24(36)20-31-25(37)22-19-29-10-11-30-22)28-44-17-8-3-4-12-34(13-5-7-15-35)14-6-9-16-43-26(38)33-27(45(39)40)46(41)42/h10-11,19,21,23,27,35H,3-9,12-18,20H2,1-2H3,(H3-2,31,32,33,36,37,38,39,40,41,42)/p+2. The van der Waals surface area contributed by atoms with E-state index in [9.17, 15) is 23.5 Å². The summed E-state index contributed by atoms with van der Waals surface area (Å²) in [5, 5.41) is 16.5. The van der Waals surface area contributed by atoms with Gasteiger partial charge < -0.3 is 30.0 Å². The minimum Gasteiger partial charge on any atom is -0.449 e. The van der Waals surface area contributed by atoms with Crippen LogP contribution >= 0.6 is 16.1 Å². The molecular weight excluding hydrogens is 641 g/mol. The largest absolute Gasteiger partial charge is 0.589 e. The van der Waals surface area contributed by atoms with Crippen molar-refractivity contribution in [2.24, 2.45) is 5.92 Å². The quantitative estimate of drug-likeness (QED) is 0.0464. The van der Waals surface area contributed by atoms with E-state index in [0.29, 0.717) is 31.8 Å². The molecule has 0 fully saturated rings. The number of carbonyl (C=O) groups is 3. The number of nitrogens with zero attached hydrogens (tertiary/aromatic N) is 3. The molecule has 0 aromatic carbocycles. The highest BCUT2D eigenvalue weighted by atomic mass is 31.2. The number of aliphatic hydroxyl groups is 1. The summed E-state index contributed by atoms with van der Waals surface area (Å²) in [5.41, 5.74) is -1.64. The maximum Gasteiger partial charge on any atom is 0.589 e. The first kappa shape index (κ1) is 41.4. The van der Waals surface area contributed by atoms with Gasteiger partial charge in [-0.3, -0.25) is 14.6 Å². The number of hydrogen-bond acceptors (Lipinski definition) is 11. The molecule has 6 N–H and O–H groups in total. The highest BCUT2D eigenvalue weighted by molar-refractivity contribution is 7.57. The second-order valence-corrected chi connectivity index (χ2v) is 13.5. The normalized spacial score (nSPS) is 13.1. The average Bonchev–Trinajstić information content (AvgIpc) is 3.01. The Bertz CT molecular complexity index is 1050. The van der Waals surface area contributed by atoms with Crippen LogP contribution in [0.15, 0.2) is 18.6 Å². The molecule has 0 bridgehead atoms. The van der Waals surface area contributed by atoms with E-state index in [4.69, 9.17) is 24.3 Å². The van der Waals surface area contributed by atoms with E-state index in [-0.39, 0.29) is 37.3 Å². The van der Waals surface area contributed by atoms with Crippen LogP contribution in [0.25, 0.3) is 0 Å². The van der Waals surface area contributed by atoms with Gasteiger partial charge in [-0.2, -0.15) is 9.79 Å².